The fourth-order valence-corrected chi connectivity index (χ4v) is 3.39. The van der Waals surface area contributed by atoms with Crippen LogP contribution in [0.2, 0.25) is 0 Å². The first-order valence-corrected chi connectivity index (χ1v) is 9.26. The first-order valence-electron chi connectivity index (χ1n) is 9.26. The van der Waals surface area contributed by atoms with Crippen molar-refractivity contribution in [1.29, 1.82) is 0 Å². The molecule has 3 aromatic carbocycles. The minimum atomic E-state index is -0.414. The van der Waals surface area contributed by atoms with Crippen LogP contribution in [0.3, 0.4) is 0 Å². The third-order valence-electron chi connectivity index (χ3n) is 4.77. The Morgan fingerprint density at radius 3 is 1.42 bits per heavy atom. The minimum absolute atomic E-state index is 0.0535. The van der Waals surface area contributed by atoms with Gasteiger partial charge in [0.05, 0.1) is 6.10 Å². The van der Waals surface area contributed by atoms with E-state index in [9.17, 15) is 5.11 Å². The van der Waals surface area contributed by atoms with Crippen LogP contribution in [0, 0.1) is 0 Å². The number of aliphatic hydroxyl groups excluding tert-OH is 1. The van der Waals surface area contributed by atoms with Crippen LogP contribution in [-0.4, -0.2) is 22.2 Å². The van der Waals surface area contributed by atoms with Crippen molar-refractivity contribution in [2.75, 3.05) is 0 Å². The van der Waals surface area contributed by atoms with Gasteiger partial charge in [-0.3, -0.25) is 4.90 Å². The molecular formula is C24H27NO. The van der Waals surface area contributed by atoms with Crippen LogP contribution in [-0.2, 0) is 19.5 Å². The van der Waals surface area contributed by atoms with Crippen LogP contribution >= 0.6 is 0 Å². The second kappa shape index (κ2) is 9.33. The topological polar surface area (TPSA) is 23.5 Å². The molecular weight excluding hydrogens is 318 g/mol. The summed E-state index contributed by atoms with van der Waals surface area (Å²) in [6.07, 6.45) is 0.417. The Labute approximate surface area is 156 Å². The largest absolute Gasteiger partial charge is 0.392 e. The van der Waals surface area contributed by atoms with E-state index in [0.717, 1.165) is 19.5 Å². The molecule has 0 spiro atoms. The summed E-state index contributed by atoms with van der Waals surface area (Å²) in [6, 6.07) is 31.5. The van der Waals surface area contributed by atoms with E-state index in [0.29, 0.717) is 0 Å². The molecule has 3 rings (SSSR count). The van der Waals surface area contributed by atoms with Crippen molar-refractivity contribution >= 4 is 0 Å². The maximum absolute atomic E-state index is 10.6. The average Bonchev–Trinajstić information content (AvgIpc) is 2.68. The van der Waals surface area contributed by atoms with Crippen molar-refractivity contribution in [2.45, 2.75) is 38.6 Å². The molecule has 0 amide bonds. The fourth-order valence-electron chi connectivity index (χ4n) is 3.39. The summed E-state index contributed by atoms with van der Waals surface area (Å²) < 4.78 is 0. The second-order valence-corrected chi connectivity index (χ2v) is 6.87. The Hall–Kier alpha value is -2.42. The van der Waals surface area contributed by atoms with E-state index >= 15 is 0 Å². The number of rotatable bonds is 8. The lowest BCUT2D eigenvalue weighted by Gasteiger charge is -2.34. The molecule has 134 valence electrons. The van der Waals surface area contributed by atoms with Crippen molar-refractivity contribution in [3.63, 3.8) is 0 Å². The molecule has 0 aliphatic heterocycles. The van der Waals surface area contributed by atoms with Gasteiger partial charge in [0.25, 0.3) is 0 Å². The van der Waals surface area contributed by atoms with Crippen molar-refractivity contribution < 1.29 is 5.11 Å². The smallest absolute Gasteiger partial charge is 0.0670 e. The zero-order valence-corrected chi connectivity index (χ0v) is 15.3. The molecule has 0 heterocycles. The molecule has 26 heavy (non-hydrogen) atoms. The van der Waals surface area contributed by atoms with Gasteiger partial charge in [-0.1, -0.05) is 91.0 Å². The van der Waals surface area contributed by atoms with Crippen LogP contribution in [0.25, 0.3) is 0 Å². The lowest BCUT2D eigenvalue weighted by molar-refractivity contribution is 0.0506. The zero-order valence-electron chi connectivity index (χ0n) is 15.3. The molecule has 1 N–H and O–H groups in total. The maximum atomic E-state index is 10.6. The van der Waals surface area contributed by atoms with E-state index in [-0.39, 0.29) is 6.04 Å². The van der Waals surface area contributed by atoms with Gasteiger partial charge in [0.1, 0.15) is 0 Å². The average molecular weight is 345 g/mol. The maximum Gasteiger partial charge on any atom is 0.0670 e. The van der Waals surface area contributed by atoms with Gasteiger partial charge >= 0.3 is 0 Å². The molecule has 0 radical (unpaired) electrons. The summed E-state index contributed by atoms with van der Waals surface area (Å²) in [5.41, 5.74) is 3.79. The molecule has 0 fully saturated rings. The molecule has 0 saturated carbocycles. The van der Waals surface area contributed by atoms with E-state index < -0.39 is 6.10 Å². The van der Waals surface area contributed by atoms with E-state index in [4.69, 9.17) is 0 Å². The van der Waals surface area contributed by atoms with Gasteiger partial charge in [-0.15, -0.1) is 0 Å². The Kier molecular flexibility index (Phi) is 6.59. The Balaban J connectivity index is 1.85. The van der Waals surface area contributed by atoms with Crippen LogP contribution in [0.15, 0.2) is 91.0 Å². The van der Waals surface area contributed by atoms with Gasteiger partial charge in [-0.25, -0.2) is 0 Å². The highest BCUT2D eigenvalue weighted by Gasteiger charge is 2.24. The van der Waals surface area contributed by atoms with Crippen LogP contribution < -0.4 is 0 Å². The first kappa shape index (κ1) is 18.4. The lowest BCUT2D eigenvalue weighted by Crippen LogP contribution is -2.43. The van der Waals surface area contributed by atoms with Crippen LogP contribution in [0.4, 0.5) is 0 Å². The molecule has 0 bridgehead atoms. The normalized spacial score (nSPS) is 13.5. The van der Waals surface area contributed by atoms with E-state index in [1.54, 1.807) is 0 Å². The molecule has 2 atom stereocenters. The standard InChI is InChI=1S/C24H27NO/c1-20(26)24(17-21-11-5-2-6-12-21)25(18-22-13-7-3-8-14-22)19-23-15-9-4-10-16-23/h2-16,20,24,26H,17-19H2,1H3. The number of hydrogen-bond acceptors (Lipinski definition) is 2. The van der Waals surface area contributed by atoms with Crippen molar-refractivity contribution in [1.82, 2.24) is 4.90 Å². The SMILES string of the molecule is CC(O)C(Cc1ccccc1)N(Cc1ccccc1)Cc1ccccc1. The highest BCUT2D eigenvalue weighted by molar-refractivity contribution is 5.20. The van der Waals surface area contributed by atoms with Gasteiger partial charge in [-0.05, 0) is 30.0 Å². The lowest BCUT2D eigenvalue weighted by atomic mass is 9.99. The molecule has 2 unspecified atom stereocenters. The molecule has 0 aliphatic carbocycles. The number of hydrogen-bond donors (Lipinski definition) is 1. The van der Waals surface area contributed by atoms with Crippen LogP contribution in [0.1, 0.15) is 23.6 Å². The summed E-state index contributed by atoms with van der Waals surface area (Å²) in [7, 11) is 0. The third-order valence-corrected chi connectivity index (χ3v) is 4.77. The molecule has 0 saturated heterocycles. The van der Waals surface area contributed by atoms with Crippen molar-refractivity contribution in [3.8, 4) is 0 Å². The summed E-state index contributed by atoms with van der Waals surface area (Å²) in [5, 5.41) is 10.6. The quantitative estimate of drug-likeness (QED) is 0.641. The molecule has 2 heteroatoms. The molecule has 0 aliphatic rings. The number of benzene rings is 3. The predicted molar refractivity (Wildman–Crippen MR) is 108 cm³/mol. The highest BCUT2D eigenvalue weighted by atomic mass is 16.3. The Bertz CT molecular complexity index is 714. The summed E-state index contributed by atoms with van der Waals surface area (Å²) in [5.74, 6) is 0. The van der Waals surface area contributed by atoms with Gasteiger partial charge in [0.15, 0.2) is 0 Å². The monoisotopic (exact) mass is 345 g/mol. The van der Waals surface area contributed by atoms with Gasteiger partial charge in [0.2, 0.25) is 0 Å². The van der Waals surface area contributed by atoms with Crippen molar-refractivity contribution in [2.24, 2.45) is 0 Å². The van der Waals surface area contributed by atoms with Gasteiger partial charge in [0, 0.05) is 19.1 Å². The van der Waals surface area contributed by atoms with Gasteiger partial charge < -0.3 is 5.11 Å². The van der Waals surface area contributed by atoms with E-state index in [2.05, 4.69) is 77.7 Å². The Morgan fingerprint density at radius 1 is 0.654 bits per heavy atom. The first-order chi connectivity index (χ1) is 12.7. The fraction of sp³-hybridized carbons (Fsp3) is 0.250. The summed E-state index contributed by atoms with van der Waals surface area (Å²) in [4.78, 5) is 2.39. The molecule has 0 aromatic heterocycles. The van der Waals surface area contributed by atoms with E-state index in [1.807, 2.05) is 25.1 Å². The highest BCUT2D eigenvalue weighted by Crippen LogP contribution is 2.19. The zero-order chi connectivity index (χ0) is 18.2. The summed E-state index contributed by atoms with van der Waals surface area (Å²) >= 11 is 0. The third kappa shape index (κ3) is 5.29. The van der Waals surface area contributed by atoms with Gasteiger partial charge in [-0.2, -0.15) is 0 Å². The number of aliphatic hydroxyl groups is 1. The predicted octanol–water partition coefficient (Wildman–Crippen LogP) is 4.68. The Morgan fingerprint density at radius 2 is 1.04 bits per heavy atom. The van der Waals surface area contributed by atoms with Crippen molar-refractivity contribution in [3.05, 3.63) is 108 Å². The second-order valence-electron chi connectivity index (χ2n) is 6.87. The summed E-state index contributed by atoms with van der Waals surface area (Å²) in [6.45, 7) is 3.53. The molecule has 3 aromatic rings. The molecule has 2 nitrogen and oxygen atoms in total. The van der Waals surface area contributed by atoms with E-state index in [1.165, 1.54) is 16.7 Å². The number of nitrogens with zero attached hydrogens (tertiary/aromatic N) is 1. The minimum Gasteiger partial charge on any atom is -0.392 e. The van der Waals surface area contributed by atoms with Crippen LogP contribution in [0.5, 0.6) is 0 Å².